The fraction of sp³-hybridized carbons (Fsp3) is 0.846. The first-order valence-corrected chi connectivity index (χ1v) is 7.03. The molecule has 2 heterocycles. The second-order valence-electron chi connectivity index (χ2n) is 5.39. The van der Waals surface area contributed by atoms with Gasteiger partial charge < -0.3 is 20.4 Å². The summed E-state index contributed by atoms with van der Waals surface area (Å²) in [7, 11) is 0. The van der Waals surface area contributed by atoms with E-state index in [-0.39, 0.29) is 18.4 Å². The Balaban J connectivity index is 1.78. The molecule has 2 aliphatic heterocycles. The number of aliphatic hydroxyl groups is 1. The highest BCUT2D eigenvalue weighted by Gasteiger charge is 2.34. The number of carboxylic acid groups (broad SMARTS) is 1. The van der Waals surface area contributed by atoms with Gasteiger partial charge in [0.2, 0.25) is 5.91 Å². The molecule has 6 nitrogen and oxygen atoms in total. The van der Waals surface area contributed by atoms with E-state index in [0.29, 0.717) is 19.4 Å². The van der Waals surface area contributed by atoms with E-state index < -0.39 is 18.1 Å². The maximum atomic E-state index is 12.0. The Hall–Kier alpha value is -1.14. The van der Waals surface area contributed by atoms with Crippen molar-refractivity contribution in [3.05, 3.63) is 0 Å². The Morgan fingerprint density at radius 3 is 2.74 bits per heavy atom. The van der Waals surface area contributed by atoms with Crippen LogP contribution >= 0.6 is 0 Å². The van der Waals surface area contributed by atoms with Gasteiger partial charge >= 0.3 is 5.97 Å². The van der Waals surface area contributed by atoms with Crippen molar-refractivity contribution in [1.82, 2.24) is 10.2 Å². The Labute approximate surface area is 112 Å². The molecule has 0 aromatic rings. The number of nitrogens with zero attached hydrogens (tertiary/aromatic N) is 1. The summed E-state index contributed by atoms with van der Waals surface area (Å²) in [5.41, 5.74) is 0. The summed E-state index contributed by atoms with van der Waals surface area (Å²) in [6.45, 7) is 1.44. The fourth-order valence-corrected chi connectivity index (χ4v) is 2.98. The van der Waals surface area contributed by atoms with Crippen molar-refractivity contribution in [3.8, 4) is 0 Å². The standard InChI is InChI=1S/C13H22N2O4/c16-11(9-3-1-7-14-9)5-6-12(17)15-8-2-4-10(15)13(18)19/h9-11,14,16H,1-8H2,(H,18,19)/t9-,10-,11?/m0/s1. The van der Waals surface area contributed by atoms with Crippen molar-refractivity contribution in [2.45, 2.75) is 56.7 Å². The average molecular weight is 270 g/mol. The first-order chi connectivity index (χ1) is 9.09. The van der Waals surface area contributed by atoms with Crippen LogP contribution in [0.4, 0.5) is 0 Å². The second-order valence-corrected chi connectivity index (χ2v) is 5.39. The zero-order valence-corrected chi connectivity index (χ0v) is 11.0. The maximum absolute atomic E-state index is 12.0. The summed E-state index contributed by atoms with van der Waals surface area (Å²) in [6.07, 6.45) is 3.39. The van der Waals surface area contributed by atoms with Gasteiger partial charge in [-0.05, 0) is 38.6 Å². The van der Waals surface area contributed by atoms with Crippen LogP contribution in [-0.2, 0) is 9.59 Å². The predicted octanol–water partition coefficient (Wildman–Crippen LogP) is -0.0449. The van der Waals surface area contributed by atoms with Gasteiger partial charge in [0, 0.05) is 19.0 Å². The number of hydrogen-bond donors (Lipinski definition) is 3. The van der Waals surface area contributed by atoms with E-state index in [2.05, 4.69) is 5.32 Å². The quantitative estimate of drug-likeness (QED) is 0.652. The largest absolute Gasteiger partial charge is 0.480 e. The summed E-state index contributed by atoms with van der Waals surface area (Å²) in [6, 6.07) is -0.587. The molecule has 108 valence electrons. The Kier molecular flexibility index (Phi) is 4.76. The van der Waals surface area contributed by atoms with E-state index in [4.69, 9.17) is 5.11 Å². The van der Waals surface area contributed by atoms with E-state index in [1.165, 1.54) is 4.90 Å². The highest BCUT2D eigenvalue weighted by atomic mass is 16.4. The van der Waals surface area contributed by atoms with E-state index in [0.717, 1.165) is 25.8 Å². The number of nitrogens with one attached hydrogen (secondary N) is 1. The normalized spacial score (nSPS) is 28.6. The monoisotopic (exact) mass is 270 g/mol. The number of carboxylic acids is 1. The maximum Gasteiger partial charge on any atom is 0.326 e. The van der Waals surface area contributed by atoms with Gasteiger partial charge in [-0.2, -0.15) is 0 Å². The average Bonchev–Trinajstić information content (AvgIpc) is 3.04. The molecule has 0 bridgehead atoms. The Bertz CT molecular complexity index is 342. The van der Waals surface area contributed by atoms with Crippen molar-refractivity contribution >= 4 is 11.9 Å². The van der Waals surface area contributed by atoms with E-state index in [1.54, 1.807) is 0 Å². The Morgan fingerprint density at radius 1 is 1.32 bits per heavy atom. The predicted molar refractivity (Wildman–Crippen MR) is 68.6 cm³/mol. The smallest absolute Gasteiger partial charge is 0.326 e. The SMILES string of the molecule is O=C(O)[C@@H]1CCCN1C(=O)CCC(O)[C@@H]1CCCN1. The van der Waals surface area contributed by atoms with Gasteiger partial charge in [0.15, 0.2) is 0 Å². The summed E-state index contributed by atoms with van der Waals surface area (Å²) in [4.78, 5) is 24.5. The van der Waals surface area contributed by atoms with Crippen molar-refractivity contribution in [3.63, 3.8) is 0 Å². The zero-order chi connectivity index (χ0) is 13.8. The van der Waals surface area contributed by atoms with Gasteiger partial charge in [0.25, 0.3) is 0 Å². The van der Waals surface area contributed by atoms with Crippen LogP contribution in [0.3, 0.4) is 0 Å². The number of rotatable bonds is 5. The van der Waals surface area contributed by atoms with Crippen LogP contribution in [0.25, 0.3) is 0 Å². The van der Waals surface area contributed by atoms with E-state index in [9.17, 15) is 14.7 Å². The topological polar surface area (TPSA) is 89.9 Å². The second kappa shape index (κ2) is 6.34. The summed E-state index contributed by atoms with van der Waals surface area (Å²) in [5, 5.41) is 22.2. The molecule has 0 aliphatic carbocycles. The number of amides is 1. The third kappa shape index (κ3) is 3.45. The molecule has 2 rings (SSSR count). The molecule has 0 spiro atoms. The molecular formula is C13H22N2O4. The van der Waals surface area contributed by atoms with Gasteiger partial charge in [0.05, 0.1) is 6.10 Å². The van der Waals surface area contributed by atoms with Gasteiger partial charge in [-0.25, -0.2) is 4.79 Å². The minimum absolute atomic E-state index is 0.0849. The number of hydrogen-bond acceptors (Lipinski definition) is 4. The van der Waals surface area contributed by atoms with Gasteiger partial charge in [-0.1, -0.05) is 0 Å². The van der Waals surface area contributed by atoms with Crippen LogP contribution < -0.4 is 5.32 Å². The molecule has 0 aromatic carbocycles. The van der Waals surface area contributed by atoms with Crippen LogP contribution in [0.5, 0.6) is 0 Å². The molecule has 0 saturated carbocycles. The third-order valence-corrected chi connectivity index (χ3v) is 4.08. The zero-order valence-electron chi connectivity index (χ0n) is 11.0. The highest BCUT2D eigenvalue weighted by molar-refractivity contribution is 5.84. The molecule has 6 heteroatoms. The number of carbonyl (C=O) groups excluding carboxylic acids is 1. The molecule has 19 heavy (non-hydrogen) atoms. The number of likely N-dealkylation sites (tertiary alicyclic amines) is 1. The van der Waals surface area contributed by atoms with Crippen molar-refractivity contribution in [2.24, 2.45) is 0 Å². The molecule has 2 fully saturated rings. The Morgan fingerprint density at radius 2 is 2.11 bits per heavy atom. The molecule has 3 N–H and O–H groups in total. The fourth-order valence-electron chi connectivity index (χ4n) is 2.98. The summed E-state index contributed by atoms with van der Waals surface area (Å²) < 4.78 is 0. The van der Waals surface area contributed by atoms with E-state index in [1.807, 2.05) is 0 Å². The van der Waals surface area contributed by atoms with Crippen LogP contribution in [0.2, 0.25) is 0 Å². The molecule has 0 radical (unpaired) electrons. The van der Waals surface area contributed by atoms with Gasteiger partial charge in [-0.15, -0.1) is 0 Å². The molecular weight excluding hydrogens is 248 g/mol. The van der Waals surface area contributed by atoms with E-state index >= 15 is 0 Å². The van der Waals surface area contributed by atoms with Crippen molar-refractivity contribution in [1.29, 1.82) is 0 Å². The molecule has 0 aromatic heterocycles. The number of carbonyl (C=O) groups is 2. The minimum atomic E-state index is -0.927. The molecule has 3 atom stereocenters. The van der Waals surface area contributed by atoms with Gasteiger partial charge in [-0.3, -0.25) is 4.79 Å². The van der Waals surface area contributed by atoms with Crippen LogP contribution in [0.1, 0.15) is 38.5 Å². The summed E-state index contributed by atoms with van der Waals surface area (Å²) in [5.74, 6) is -1.08. The lowest BCUT2D eigenvalue weighted by Crippen LogP contribution is -2.41. The highest BCUT2D eigenvalue weighted by Crippen LogP contribution is 2.20. The number of aliphatic carboxylic acids is 1. The van der Waals surface area contributed by atoms with Crippen LogP contribution in [0.15, 0.2) is 0 Å². The lowest BCUT2D eigenvalue weighted by molar-refractivity contribution is -0.148. The van der Waals surface area contributed by atoms with Crippen LogP contribution in [0, 0.1) is 0 Å². The lowest BCUT2D eigenvalue weighted by atomic mass is 10.0. The molecule has 1 unspecified atom stereocenters. The van der Waals surface area contributed by atoms with Crippen molar-refractivity contribution in [2.75, 3.05) is 13.1 Å². The number of aliphatic hydroxyl groups excluding tert-OH is 1. The van der Waals surface area contributed by atoms with Crippen LogP contribution in [-0.4, -0.2) is 58.3 Å². The molecule has 2 saturated heterocycles. The lowest BCUT2D eigenvalue weighted by Gasteiger charge is -2.23. The minimum Gasteiger partial charge on any atom is -0.480 e. The first kappa shape index (κ1) is 14.3. The van der Waals surface area contributed by atoms with Gasteiger partial charge in [0.1, 0.15) is 6.04 Å². The summed E-state index contributed by atoms with van der Waals surface area (Å²) >= 11 is 0. The van der Waals surface area contributed by atoms with Crippen molar-refractivity contribution < 1.29 is 19.8 Å². The molecule has 2 aliphatic rings. The first-order valence-electron chi connectivity index (χ1n) is 7.03. The molecule has 1 amide bonds. The third-order valence-electron chi connectivity index (χ3n) is 4.08.